The van der Waals surface area contributed by atoms with Crippen molar-refractivity contribution in [3.8, 4) is 5.75 Å². The highest BCUT2D eigenvalue weighted by Gasteiger charge is 2.34. The van der Waals surface area contributed by atoms with Crippen LogP contribution in [0.3, 0.4) is 0 Å². The number of benzene rings is 1. The summed E-state index contributed by atoms with van der Waals surface area (Å²) >= 11 is 0. The maximum absolute atomic E-state index is 13.1. The quantitative estimate of drug-likeness (QED) is 0.816. The number of rotatable bonds is 3. The van der Waals surface area contributed by atoms with Crippen LogP contribution in [0.4, 0.5) is 14.5 Å². The first-order chi connectivity index (χ1) is 8.48. The average molecular weight is 255 g/mol. The van der Waals surface area contributed by atoms with Crippen molar-refractivity contribution in [3.05, 3.63) is 24.3 Å². The second-order valence-electron chi connectivity index (χ2n) is 4.98. The second-order valence-corrected chi connectivity index (χ2v) is 4.98. The first-order valence-corrected chi connectivity index (χ1v) is 6.36. The minimum atomic E-state index is -2.51. The van der Waals surface area contributed by atoms with E-state index in [0.29, 0.717) is 13.1 Å². The van der Waals surface area contributed by atoms with E-state index in [-0.39, 0.29) is 18.9 Å². The minimum absolute atomic E-state index is 0.0803. The Morgan fingerprint density at radius 1 is 1.17 bits per heavy atom. The molecule has 1 heterocycles. The Labute approximate surface area is 107 Å². The van der Waals surface area contributed by atoms with Gasteiger partial charge in [-0.05, 0) is 26.0 Å². The predicted molar refractivity (Wildman–Crippen MR) is 68.6 cm³/mol. The number of hydrogen-bond donors (Lipinski definition) is 0. The van der Waals surface area contributed by atoms with Crippen molar-refractivity contribution in [1.29, 1.82) is 0 Å². The van der Waals surface area contributed by atoms with Crippen LogP contribution in [0.5, 0.6) is 5.75 Å². The van der Waals surface area contributed by atoms with E-state index in [1.54, 1.807) is 0 Å². The Kier molecular flexibility index (Phi) is 3.73. The smallest absolute Gasteiger partial charge is 0.251 e. The Morgan fingerprint density at radius 3 is 2.39 bits per heavy atom. The molecule has 1 aliphatic rings. The van der Waals surface area contributed by atoms with Crippen LogP contribution in [0, 0.1) is 0 Å². The van der Waals surface area contributed by atoms with Gasteiger partial charge in [-0.1, -0.05) is 12.1 Å². The molecule has 2 nitrogen and oxygen atoms in total. The molecule has 1 aliphatic heterocycles. The lowest BCUT2D eigenvalue weighted by atomic mass is 10.1. The van der Waals surface area contributed by atoms with E-state index in [1.165, 1.54) is 0 Å². The SMILES string of the molecule is CC(C)Oc1ccccc1N1CCC(F)(F)CC1. The fraction of sp³-hybridized carbons (Fsp3) is 0.571. The molecule has 0 N–H and O–H groups in total. The van der Waals surface area contributed by atoms with Gasteiger partial charge in [-0.25, -0.2) is 8.78 Å². The van der Waals surface area contributed by atoms with Gasteiger partial charge in [-0.2, -0.15) is 0 Å². The van der Waals surface area contributed by atoms with Crippen molar-refractivity contribution in [3.63, 3.8) is 0 Å². The third-order valence-electron chi connectivity index (χ3n) is 3.06. The monoisotopic (exact) mass is 255 g/mol. The minimum Gasteiger partial charge on any atom is -0.489 e. The summed E-state index contributed by atoms with van der Waals surface area (Å²) in [4.78, 5) is 1.98. The zero-order valence-corrected chi connectivity index (χ0v) is 10.8. The molecule has 100 valence electrons. The molecule has 0 aromatic heterocycles. The maximum atomic E-state index is 13.1. The van der Waals surface area contributed by atoms with E-state index in [1.807, 2.05) is 43.0 Å². The number of anilines is 1. The molecule has 0 unspecified atom stereocenters. The third kappa shape index (κ3) is 3.12. The van der Waals surface area contributed by atoms with Gasteiger partial charge in [-0.3, -0.25) is 0 Å². The van der Waals surface area contributed by atoms with Crippen LogP contribution >= 0.6 is 0 Å². The van der Waals surface area contributed by atoms with E-state index < -0.39 is 5.92 Å². The molecule has 1 aromatic rings. The Hall–Kier alpha value is -1.32. The average Bonchev–Trinajstić information content (AvgIpc) is 2.29. The van der Waals surface area contributed by atoms with Gasteiger partial charge in [-0.15, -0.1) is 0 Å². The molecule has 0 saturated carbocycles. The number of nitrogens with zero attached hydrogens (tertiary/aromatic N) is 1. The van der Waals surface area contributed by atoms with Crippen LogP contribution in [0.15, 0.2) is 24.3 Å². The van der Waals surface area contributed by atoms with Crippen molar-refractivity contribution in [2.45, 2.75) is 38.7 Å². The van der Waals surface area contributed by atoms with Crippen molar-refractivity contribution in [2.75, 3.05) is 18.0 Å². The molecule has 0 bridgehead atoms. The molecule has 0 amide bonds. The summed E-state index contributed by atoms with van der Waals surface area (Å²) < 4.78 is 32.0. The third-order valence-corrected chi connectivity index (χ3v) is 3.06. The topological polar surface area (TPSA) is 12.5 Å². The fourth-order valence-corrected chi connectivity index (χ4v) is 2.15. The highest BCUT2D eigenvalue weighted by atomic mass is 19.3. The van der Waals surface area contributed by atoms with Crippen LogP contribution in [0.2, 0.25) is 0 Å². The lowest BCUT2D eigenvalue weighted by Crippen LogP contribution is -2.39. The molecule has 0 spiro atoms. The lowest BCUT2D eigenvalue weighted by molar-refractivity contribution is -0.0221. The molecule has 4 heteroatoms. The first kappa shape index (κ1) is 13.1. The van der Waals surface area contributed by atoms with E-state index in [4.69, 9.17) is 4.74 Å². The summed E-state index contributed by atoms with van der Waals surface area (Å²) in [7, 11) is 0. The number of alkyl halides is 2. The Balaban J connectivity index is 2.13. The summed E-state index contributed by atoms with van der Waals surface area (Å²) in [6, 6.07) is 7.64. The first-order valence-electron chi connectivity index (χ1n) is 6.36. The molecule has 0 aliphatic carbocycles. The van der Waals surface area contributed by atoms with Crippen molar-refractivity contribution >= 4 is 5.69 Å². The predicted octanol–water partition coefficient (Wildman–Crippen LogP) is 3.71. The molecule has 18 heavy (non-hydrogen) atoms. The summed E-state index contributed by atoms with van der Waals surface area (Å²) in [6.07, 6.45) is -0.0798. The van der Waals surface area contributed by atoms with E-state index in [9.17, 15) is 8.78 Å². The zero-order chi connectivity index (χ0) is 13.2. The standard InChI is InChI=1S/C14H19F2NO/c1-11(2)18-13-6-4-3-5-12(13)17-9-7-14(15,16)8-10-17/h3-6,11H,7-10H2,1-2H3. The van der Waals surface area contributed by atoms with E-state index >= 15 is 0 Å². The van der Waals surface area contributed by atoms with Gasteiger partial charge in [0.1, 0.15) is 5.75 Å². The number of ether oxygens (including phenoxy) is 1. The van der Waals surface area contributed by atoms with Crippen molar-refractivity contribution in [1.82, 2.24) is 0 Å². The lowest BCUT2D eigenvalue weighted by Gasteiger charge is -2.34. The number of piperidine rings is 1. The summed E-state index contributed by atoms with van der Waals surface area (Å²) in [6.45, 7) is 4.68. The van der Waals surface area contributed by atoms with Gasteiger partial charge in [0.2, 0.25) is 0 Å². The molecule has 1 aromatic carbocycles. The Morgan fingerprint density at radius 2 is 1.78 bits per heavy atom. The highest BCUT2D eigenvalue weighted by Crippen LogP contribution is 2.35. The maximum Gasteiger partial charge on any atom is 0.251 e. The second kappa shape index (κ2) is 5.12. The van der Waals surface area contributed by atoms with Gasteiger partial charge in [0.05, 0.1) is 11.8 Å². The van der Waals surface area contributed by atoms with Crippen LogP contribution in [-0.4, -0.2) is 25.1 Å². The number of para-hydroxylation sites is 2. The molecular weight excluding hydrogens is 236 g/mol. The van der Waals surface area contributed by atoms with E-state index in [0.717, 1.165) is 11.4 Å². The summed E-state index contributed by atoms with van der Waals surface area (Å²) in [5.41, 5.74) is 0.918. The summed E-state index contributed by atoms with van der Waals surface area (Å²) in [5.74, 6) is -1.73. The van der Waals surface area contributed by atoms with Crippen LogP contribution < -0.4 is 9.64 Å². The van der Waals surface area contributed by atoms with Crippen LogP contribution in [0.25, 0.3) is 0 Å². The van der Waals surface area contributed by atoms with Gasteiger partial charge in [0.15, 0.2) is 0 Å². The fourth-order valence-electron chi connectivity index (χ4n) is 2.15. The van der Waals surface area contributed by atoms with Gasteiger partial charge in [0.25, 0.3) is 5.92 Å². The van der Waals surface area contributed by atoms with Crippen LogP contribution in [0.1, 0.15) is 26.7 Å². The molecule has 0 radical (unpaired) electrons. The van der Waals surface area contributed by atoms with Gasteiger partial charge < -0.3 is 9.64 Å². The summed E-state index contributed by atoms with van der Waals surface area (Å²) in [5, 5.41) is 0. The Bertz CT molecular complexity index is 397. The number of hydrogen-bond acceptors (Lipinski definition) is 2. The van der Waals surface area contributed by atoms with Gasteiger partial charge >= 0.3 is 0 Å². The molecule has 0 atom stereocenters. The highest BCUT2D eigenvalue weighted by molar-refractivity contribution is 5.58. The normalized spacial score (nSPS) is 19.1. The molecule has 2 rings (SSSR count). The largest absolute Gasteiger partial charge is 0.489 e. The zero-order valence-electron chi connectivity index (χ0n) is 10.8. The molecule has 1 saturated heterocycles. The van der Waals surface area contributed by atoms with E-state index in [2.05, 4.69) is 0 Å². The molecule has 1 fully saturated rings. The number of halogens is 2. The van der Waals surface area contributed by atoms with Crippen LogP contribution in [-0.2, 0) is 0 Å². The van der Waals surface area contributed by atoms with Crippen molar-refractivity contribution in [2.24, 2.45) is 0 Å². The molecular formula is C14H19F2NO. The van der Waals surface area contributed by atoms with Gasteiger partial charge in [0, 0.05) is 25.9 Å². The van der Waals surface area contributed by atoms with Crippen molar-refractivity contribution < 1.29 is 13.5 Å².